The number of ether oxygens (including phenoxy) is 1. The molecule has 0 aliphatic carbocycles. The fraction of sp³-hybridized carbons (Fsp3) is 0.714. The van der Waals surface area contributed by atoms with Gasteiger partial charge in [-0.15, -0.1) is 0 Å². The molecule has 0 saturated heterocycles. The van der Waals surface area contributed by atoms with Gasteiger partial charge in [0, 0.05) is 0 Å². The first kappa shape index (κ1) is 11.4. The molecular formula is C7H12BrNO3. The van der Waals surface area contributed by atoms with Crippen LogP contribution in [0.25, 0.3) is 0 Å². The lowest BCUT2D eigenvalue weighted by Crippen LogP contribution is -2.34. The minimum absolute atomic E-state index is 0.0606. The van der Waals surface area contributed by atoms with Crippen LogP contribution in [0.1, 0.15) is 20.8 Å². The molecule has 0 aromatic carbocycles. The minimum Gasteiger partial charge on any atom is -0.444 e. The van der Waals surface area contributed by atoms with E-state index in [1.807, 2.05) is 0 Å². The fourth-order valence-corrected chi connectivity index (χ4v) is 0.596. The van der Waals surface area contributed by atoms with Crippen LogP contribution in [0, 0.1) is 0 Å². The maximum absolute atomic E-state index is 10.9. The van der Waals surface area contributed by atoms with E-state index < -0.39 is 11.7 Å². The Morgan fingerprint density at radius 1 is 1.42 bits per heavy atom. The van der Waals surface area contributed by atoms with Crippen LogP contribution in [0.4, 0.5) is 4.79 Å². The molecule has 1 N–H and O–H groups in total. The Hall–Kier alpha value is -0.580. The SMILES string of the molecule is CC(C)(C)OC(=O)NCC(=O)Br. The molecule has 0 saturated carbocycles. The number of alkyl carbamates (subject to hydrolysis) is 1. The summed E-state index contributed by atoms with van der Waals surface area (Å²) in [5, 5.41) is 2.28. The van der Waals surface area contributed by atoms with Gasteiger partial charge in [-0.25, -0.2) is 4.79 Å². The third-order valence-corrected chi connectivity index (χ3v) is 1.05. The lowest BCUT2D eigenvalue weighted by atomic mass is 10.2. The molecule has 0 aliphatic heterocycles. The first-order valence-corrected chi connectivity index (χ1v) is 4.26. The van der Waals surface area contributed by atoms with Gasteiger partial charge in [-0.3, -0.25) is 4.79 Å². The Morgan fingerprint density at radius 3 is 2.25 bits per heavy atom. The van der Waals surface area contributed by atoms with Crippen molar-refractivity contribution in [1.29, 1.82) is 0 Å². The number of nitrogens with one attached hydrogen (secondary N) is 1. The lowest BCUT2D eigenvalue weighted by Gasteiger charge is -2.19. The molecule has 70 valence electrons. The highest BCUT2D eigenvalue weighted by molar-refractivity contribution is 9.18. The van der Waals surface area contributed by atoms with Crippen LogP contribution in [0.15, 0.2) is 0 Å². The number of hydrogen-bond donors (Lipinski definition) is 1. The summed E-state index contributed by atoms with van der Waals surface area (Å²) in [7, 11) is 0. The van der Waals surface area contributed by atoms with Gasteiger partial charge in [0.2, 0.25) is 4.69 Å². The van der Waals surface area contributed by atoms with E-state index in [0.717, 1.165) is 0 Å². The molecule has 0 radical (unpaired) electrons. The van der Waals surface area contributed by atoms with E-state index in [4.69, 9.17) is 4.74 Å². The molecule has 0 rings (SSSR count). The summed E-state index contributed by atoms with van der Waals surface area (Å²) in [6.07, 6.45) is -0.588. The molecule has 0 bridgehead atoms. The van der Waals surface area contributed by atoms with Crippen LogP contribution in [0.2, 0.25) is 0 Å². The minimum atomic E-state index is -0.588. The van der Waals surface area contributed by atoms with E-state index in [1.54, 1.807) is 20.8 Å². The largest absolute Gasteiger partial charge is 0.444 e. The van der Waals surface area contributed by atoms with E-state index >= 15 is 0 Å². The monoisotopic (exact) mass is 237 g/mol. The predicted molar refractivity (Wildman–Crippen MR) is 48.2 cm³/mol. The molecule has 0 spiro atoms. The van der Waals surface area contributed by atoms with Crippen molar-refractivity contribution in [2.45, 2.75) is 26.4 Å². The maximum Gasteiger partial charge on any atom is 0.408 e. The summed E-state index contributed by atoms with van der Waals surface area (Å²) in [6, 6.07) is 0. The van der Waals surface area contributed by atoms with E-state index in [9.17, 15) is 9.59 Å². The van der Waals surface area contributed by atoms with Gasteiger partial charge >= 0.3 is 6.09 Å². The molecule has 5 heteroatoms. The zero-order chi connectivity index (χ0) is 9.78. The zero-order valence-corrected chi connectivity index (χ0v) is 8.90. The summed E-state index contributed by atoms with van der Waals surface area (Å²) in [6.45, 7) is 5.20. The Kier molecular flexibility index (Phi) is 4.23. The second kappa shape index (κ2) is 4.45. The van der Waals surface area contributed by atoms with Crippen molar-refractivity contribution in [3.8, 4) is 0 Å². The lowest BCUT2D eigenvalue weighted by molar-refractivity contribution is -0.109. The second-order valence-electron chi connectivity index (χ2n) is 3.21. The van der Waals surface area contributed by atoms with Crippen molar-refractivity contribution in [1.82, 2.24) is 5.32 Å². The standard InChI is InChI=1S/C7H12BrNO3/c1-7(2,3)12-6(11)9-4-5(8)10/h4H2,1-3H3,(H,9,11). The number of halogens is 1. The summed E-state index contributed by atoms with van der Waals surface area (Å²) >= 11 is 2.67. The third-order valence-electron chi connectivity index (χ3n) is 0.771. The smallest absolute Gasteiger partial charge is 0.408 e. The first-order chi connectivity index (χ1) is 5.31. The van der Waals surface area contributed by atoms with Crippen LogP contribution in [-0.2, 0) is 9.53 Å². The van der Waals surface area contributed by atoms with Crippen molar-refractivity contribution in [3.05, 3.63) is 0 Å². The van der Waals surface area contributed by atoms with Crippen molar-refractivity contribution in [3.63, 3.8) is 0 Å². The van der Waals surface area contributed by atoms with Crippen molar-refractivity contribution in [2.75, 3.05) is 6.54 Å². The Labute approximate surface area is 79.8 Å². The highest BCUT2D eigenvalue weighted by atomic mass is 79.9. The maximum atomic E-state index is 10.9. The number of hydrogen-bond acceptors (Lipinski definition) is 3. The van der Waals surface area contributed by atoms with E-state index in [0.29, 0.717) is 0 Å². The van der Waals surface area contributed by atoms with E-state index in [1.165, 1.54) is 0 Å². The Morgan fingerprint density at radius 2 is 1.92 bits per heavy atom. The molecule has 1 amide bonds. The number of carbonyl (C=O) groups excluding carboxylic acids is 2. The molecule has 0 atom stereocenters. The van der Waals surface area contributed by atoms with Crippen molar-refractivity contribution >= 4 is 26.7 Å². The van der Waals surface area contributed by atoms with Crippen molar-refractivity contribution in [2.24, 2.45) is 0 Å². The van der Waals surface area contributed by atoms with Gasteiger partial charge in [0.05, 0.1) is 6.54 Å². The Balaban J connectivity index is 3.68. The number of carbonyl (C=O) groups is 2. The average molecular weight is 238 g/mol. The molecule has 0 aromatic heterocycles. The third kappa shape index (κ3) is 7.53. The molecule has 0 unspecified atom stereocenters. The summed E-state index contributed by atoms with van der Waals surface area (Å²) in [5.41, 5.74) is -0.528. The highest BCUT2D eigenvalue weighted by Gasteiger charge is 2.15. The summed E-state index contributed by atoms with van der Waals surface area (Å²) in [5.74, 6) is 0. The zero-order valence-electron chi connectivity index (χ0n) is 7.31. The second-order valence-corrected chi connectivity index (χ2v) is 4.10. The quantitative estimate of drug-likeness (QED) is 0.740. The fourth-order valence-electron chi connectivity index (χ4n) is 0.456. The van der Waals surface area contributed by atoms with Crippen LogP contribution < -0.4 is 5.32 Å². The van der Waals surface area contributed by atoms with Gasteiger partial charge < -0.3 is 10.1 Å². The van der Waals surface area contributed by atoms with E-state index in [-0.39, 0.29) is 11.2 Å². The number of amides is 1. The van der Waals surface area contributed by atoms with Crippen molar-refractivity contribution < 1.29 is 14.3 Å². The molecule has 4 nitrogen and oxygen atoms in total. The van der Waals surface area contributed by atoms with Crippen LogP contribution >= 0.6 is 15.9 Å². The average Bonchev–Trinajstić information content (AvgIpc) is 1.79. The van der Waals surface area contributed by atoms with Gasteiger partial charge in [0.15, 0.2) is 0 Å². The van der Waals surface area contributed by atoms with Crippen LogP contribution in [-0.4, -0.2) is 22.9 Å². The van der Waals surface area contributed by atoms with Crippen LogP contribution in [0.5, 0.6) is 0 Å². The normalized spacial score (nSPS) is 10.7. The van der Waals surface area contributed by atoms with Gasteiger partial charge in [-0.05, 0) is 36.7 Å². The molecule has 0 aromatic rings. The molecule has 0 aliphatic rings. The van der Waals surface area contributed by atoms with E-state index in [2.05, 4.69) is 21.2 Å². The van der Waals surface area contributed by atoms with Gasteiger partial charge in [-0.1, -0.05) is 0 Å². The topological polar surface area (TPSA) is 55.4 Å². The molecule has 0 heterocycles. The predicted octanol–water partition coefficient (Wildman–Crippen LogP) is 1.43. The first-order valence-electron chi connectivity index (χ1n) is 3.46. The summed E-state index contributed by atoms with van der Waals surface area (Å²) < 4.78 is 4.58. The van der Waals surface area contributed by atoms with Gasteiger partial charge in [-0.2, -0.15) is 0 Å². The number of rotatable bonds is 2. The Bertz CT molecular complexity index is 186. The van der Waals surface area contributed by atoms with Gasteiger partial charge in [0.25, 0.3) is 0 Å². The highest BCUT2D eigenvalue weighted by Crippen LogP contribution is 2.06. The molecule has 0 fully saturated rings. The van der Waals surface area contributed by atoms with Crippen LogP contribution in [0.3, 0.4) is 0 Å². The molecule has 12 heavy (non-hydrogen) atoms. The molecular weight excluding hydrogens is 226 g/mol. The summed E-state index contributed by atoms with van der Waals surface area (Å²) in [4.78, 5) is 21.2. The van der Waals surface area contributed by atoms with Gasteiger partial charge in [0.1, 0.15) is 5.60 Å².